The molecule has 0 N–H and O–H groups in total. The number of benzene rings is 1. The lowest BCUT2D eigenvalue weighted by Crippen LogP contribution is -2.51. The monoisotopic (exact) mass is 285 g/mol. The van der Waals surface area contributed by atoms with Gasteiger partial charge in [-0.15, -0.1) is 0 Å². The lowest BCUT2D eigenvalue weighted by Gasteiger charge is -2.50. The first-order valence-electron chi connectivity index (χ1n) is 7.39. The molecule has 0 atom stereocenters. The Morgan fingerprint density at radius 2 is 1.67 bits per heavy atom. The van der Waals surface area contributed by atoms with E-state index in [1.165, 1.54) is 0 Å². The molecule has 0 aliphatic heterocycles. The summed E-state index contributed by atoms with van der Waals surface area (Å²) in [7, 11) is 1.77. The number of carbonyl (C=O) groups is 1. The van der Waals surface area contributed by atoms with E-state index < -0.39 is 0 Å². The van der Waals surface area contributed by atoms with Crippen molar-refractivity contribution in [2.45, 2.75) is 44.1 Å². The van der Waals surface area contributed by atoms with Crippen molar-refractivity contribution in [2.75, 3.05) is 7.11 Å². The number of carbonyl (C=O) groups excluding carboxylic acids is 1. The number of nitrogens with zero attached hydrogens (tertiary/aromatic N) is 1. The standard InChI is InChI=1S/C17H19NO3/c1-20-17-9-6-16(7-10-17,8-11-17)15(19)21-14-4-2-13(12-18)3-5-14/h2-5H,6-11H2,1H3. The van der Waals surface area contributed by atoms with E-state index in [9.17, 15) is 4.79 Å². The van der Waals surface area contributed by atoms with Gasteiger partial charge in [0.25, 0.3) is 0 Å². The molecule has 1 aromatic carbocycles. The lowest BCUT2D eigenvalue weighted by molar-refractivity contribution is -0.166. The third-order valence-electron chi connectivity index (χ3n) is 5.24. The summed E-state index contributed by atoms with van der Waals surface area (Å²) in [5.74, 6) is 0.388. The molecule has 3 saturated carbocycles. The van der Waals surface area contributed by atoms with E-state index >= 15 is 0 Å². The number of methoxy groups -OCH3 is 1. The number of ether oxygens (including phenoxy) is 2. The average Bonchev–Trinajstić information content (AvgIpc) is 2.57. The predicted octanol–water partition coefficient (Wildman–Crippen LogP) is 3.20. The minimum atomic E-state index is -0.339. The molecule has 21 heavy (non-hydrogen) atoms. The predicted molar refractivity (Wildman–Crippen MR) is 76.7 cm³/mol. The van der Waals surface area contributed by atoms with E-state index in [4.69, 9.17) is 14.7 Å². The van der Waals surface area contributed by atoms with Crippen molar-refractivity contribution in [3.8, 4) is 11.8 Å². The van der Waals surface area contributed by atoms with Crippen molar-refractivity contribution in [1.29, 1.82) is 5.26 Å². The summed E-state index contributed by atoms with van der Waals surface area (Å²) < 4.78 is 11.2. The van der Waals surface area contributed by atoms with E-state index in [1.807, 2.05) is 0 Å². The Hall–Kier alpha value is -1.86. The Bertz CT molecular complexity index is 561. The Morgan fingerprint density at radius 1 is 1.10 bits per heavy atom. The van der Waals surface area contributed by atoms with E-state index in [0.29, 0.717) is 11.3 Å². The van der Waals surface area contributed by atoms with Crippen LogP contribution in [0.2, 0.25) is 0 Å². The molecule has 3 aliphatic rings. The zero-order valence-electron chi connectivity index (χ0n) is 12.2. The molecule has 3 aliphatic carbocycles. The molecule has 4 rings (SSSR count). The van der Waals surface area contributed by atoms with Crippen LogP contribution in [-0.2, 0) is 9.53 Å². The highest BCUT2D eigenvalue weighted by Crippen LogP contribution is 2.54. The molecule has 0 heterocycles. The highest BCUT2D eigenvalue weighted by molar-refractivity contribution is 5.79. The minimum Gasteiger partial charge on any atom is -0.426 e. The molecular formula is C17H19NO3. The van der Waals surface area contributed by atoms with Gasteiger partial charge in [-0.3, -0.25) is 4.79 Å². The summed E-state index contributed by atoms with van der Waals surface area (Å²) >= 11 is 0. The van der Waals surface area contributed by atoms with E-state index in [0.717, 1.165) is 38.5 Å². The summed E-state index contributed by atoms with van der Waals surface area (Å²) in [4.78, 5) is 12.6. The van der Waals surface area contributed by atoms with Crippen molar-refractivity contribution >= 4 is 5.97 Å². The molecule has 0 unspecified atom stereocenters. The van der Waals surface area contributed by atoms with Gasteiger partial charge in [-0.2, -0.15) is 5.26 Å². The van der Waals surface area contributed by atoms with Crippen LogP contribution in [0.1, 0.15) is 44.1 Å². The van der Waals surface area contributed by atoms with Crippen LogP contribution in [0.3, 0.4) is 0 Å². The minimum absolute atomic E-state index is 0.00350. The molecule has 0 amide bonds. The number of hydrogen-bond acceptors (Lipinski definition) is 4. The summed E-state index contributed by atoms with van der Waals surface area (Å²) in [5, 5.41) is 8.78. The van der Waals surface area contributed by atoms with E-state index in [2.05, 4.69) is 6.07 Å². The maximum Gasteiger partial charge on any atom is 0.317 e. The van der Waals surface area contributed by atoms with Crippen molar-refractivity contribution in [1.82, 2.24) is 0 Å². The van der Waals surface area contributed by atoms with Crippen LogP contribution >= 0.6 is 0 Å². The lowest BCUT2D eigenvalue weighted by atomic mass is 9.58. The zero-order chi connectivity index (χ0) is 14.9. The molecule has 110 valence electrons. The van der Waals surface area contributed by atoms with Crippen molar-refractivity contribution in [3.05, 3.63) is 29.8 Å². The van der Waals surface area contributed by atoms with Gasteiger partial charge in [0.15, 0.2) is 0 Å². The first kappa shape index (κ1) is 14.1. The summed E-state index contributed by atoms with van der Waals surface area (Å²) in [6, 6.07) is 8.74. The second-order valence-electron chi connectivity index (χ2n) is 6.19. The number of esters is 1. The summed E-state index contributed by atoms with van der Waals surface area (Å²) in [6.45, 7) is 0. The Labute approximate surface area is 124 Å². The van der Waals surface area contributed by atoms with Gasteiger partial charge in [0.1, 0.15) is 5.75 Å². The molecule has 4 nitrogen and oxygen atoms in total. The van der Waals surface area contributed by atoms with Gasteiger partial charge in [0.2, 0.25) is 0 Å². The molecule has 0 aromatic heterocycles. The fourth-order valence-corrected chi connectivity index (χ4v) is 3.58. The number of fused-ring (bicyclic) bond motifs is 3. The molecule has 0 radical (unpaired) electrons. The van der Waals surface area contributed by atoms with Gasteiger partial charge in [-0.05, 0) is 62.8 Å². The maximum atomic E-state index is 12.6. The van der Waals surface area contributed by atoms with Crippen LogP contribution in [0.15, 0.2) is 24.3 Å². The first-order valence-corrected chi connectivity index (χ1v) is 7.39. The SMILES string of the molecule is COC12CCC(C(=O)Oc3ccc(C#N)cc3)(CC1)CC2. The van der Waals surface area contributed by atoms with Crippen LogP contribution in [0.4, 0.5) is 0 Å². The van der Waals surface area contributed by atoms with Crippen LogP contribution in [0, 0.1) is 16.7 Å². The van der Waals surface area contributed by atoms with Crippen molar-refractivity contribution in [2.24, 2.45) is 5.41 Å². The van der Waals surface area contributed by atoms with Gasteiger partial charge in [0, 0.05) is 7.11 Å². The average molecular weight is 285 g/mol. The molecule has 0 saturated heterocycles. The van der Waals surface area contributed by atoms with Gasteiger partial charge >= 0.3 is 5.97 Å². The van der Waals surface area contributed by atoms with Crippen LogP contribution in [0.5, 0.6) is 5.75 Å². The topological polar surface area (TPSA) is 59.3 Å². The molecular weight excluding hydrogens is 266 g/mol. The van der Waals surface area contributed by atoms with Crippen LogP contribution in [0.25, 0.3) is 0 Å². The van der Waals surface area contributed by atoms with Crippen molar-refractivity contribution in [3.63, 3.8) is 0 Å². The number of rotatable bonds is 3. The number of hydrogen-bond donors (Lipinski definition) is 0. The highest BCUT2D eigenvalue weighted by Gasteiger charge is 2.53. The molecule has 1 aromatic rings. The fourth-order valence-electron chi connectivity index (χ4n) is 3.58. The molecule has 0 spiro atoms. The summed E-state index contributed by atoms with van der Waals surface area (Å²) in [6.07, 6.45) is 5.34. The molecule has 4 heteroatoms. The summed E-state index contributed by atoms with van der Waals surface area (Å²) in [5.41, 5.74) is 0.221. The third kappa shape index (κ3) is 2.43. The second kappa shape index (κ2) is 5.16. The fraction of sp³-hybridized carbons (Fsp3) is 0.529. The normalized spacial score (nSPS) is 30.7. The van der Waals surface area contributed by atoms with Crippen molar-refractivity contribution < 1.29 is 14.3 Å². The first-order chi connectivity index (χ1) is 10.1. The maximum absolute atomic E-state index is 12.6. The Balaban J connectivity index is 1.70. The molecule has 2 bridgehead atoms. The third-order valence-corrected chi connectivity index (χ3v) is 5.24. The van der Waals surface area contributed by atoms with Gasteiger partial charge in [-0.1, -0.05) is 0 Å². The van der Waals surface area contributed by atoms with E-state index in [-0.39, 0.29) is 17.0 Å². The van der Waals surface area contributed by atoms with Crippen LogP contribution in [-0.4, -0.2) is 18.7 Å². The highest BCUT2D eigenvalue weighted by atomic mass is 16.5. The van der Waals surface area contributed by atoms with E-state index in [1.54, 1.807) is 31.4 Å². The largest absolute Gasteiger partial charge is 0.426 e. The van der Waals surface area contributed by atoms with Gasteiger partial charge in [-0.25, -0.2) is 0 Å². The smallest absolute Gasteiger partial charge is 0.317 e. The van der Waals surface area contributed by atoms with Gasteiger partial charge < -0.3 is 9.47 Å². The second-order valence-corrected chi connectivity index (χ2v) is 6.19. The van der Waals surface area contributed by atoms with Gasteiger partial charge in [0.05, 0.1) is 22.6 Å². The molecule has 3 fully saturated rings. The zero-order valence-corrected chi connectivity index (χ0v) is 12.2. The Kier molecular flexibility index (Phi) is 3.46. The quantitative estimate of drug-likeness (QED) is 0.632. The number of nitriles is 1. The Morgan fingerprint density at radius 3 is 2.14 bits per heavy atom. The van der Waals surface area contributed by atoms with Crippen LogP contribution < -0.4 is 4.74 Å².